The van der Waals surface area contributed by atoms with Crippen molar-refractivity contribution in [3.8, 4) is 0 Å². The molecule has 1 N–H and O–H groups in total. The monoisotopic (exact) mass is 329 g/mol. The molecule has 5 nitrogen and oxygen atoms in total. The van der Waals surface area contributed by atoms with Crippen LogP contribution in [0.1, 0.15) is 23.4 Å². The van der Waals surface area contributed by atoms with Crippen LogP contribution in [-0.4, -0.2) is 29.4 Å². The number of carbonyl (C=O) groups excluding carboxylic acids is 2. The SMILES string of the molecule is Cc1ncsc1CCC(=O)N[C@H]1CC(=O)N(c2ccccc2)C1. The fourth-order valence-electron chi connectivity index (χ4n) is 2.75. The highest BCUT2D eigenvalue weighted by molar-refractivity contribution is 7.09. The van der Waals surface area contributed by atoms with Gasteiger partial charge in [0.15, 0.2) is 0 Å². The topological polar surface area (TPSA) is 62.3 Å². The highest BCUT2D eigenvalue weighted by Crippen LogP contribution is 2.21. The van der Waals surface area contributed by atoms with Crippen molar-refractivity contribution in [3.05, 3.63) is 46.4 Å². The van der Waals surface area contributed by atoms with Crippen molar-refractivity contribution in [1.82, 2.24) is 10.3 Å². The number of rotatable bonds is 5. The first kappa shape index (κ1) is 15.7. The molecule has 23 heavy (non-hydrogen) atoms. The number of nitrogens with zero attached hydrogens (tertiary/aromatic N) is 2. The number of benzene rings is 1. The van der Waals surface area contributed by atoms with Gasteiger partial charge in [-0.05, 0) is 25.5 Å². The van der Waals surface area contributed by atoms with E-state index in [1.165, 1.54) is 0 Å². The minimum atomic E-state index is -0.113. The summed E-state index contributed by atoms with van der Waals surface area (Å²) in [5.74, 6) is 0.0466. The predicted octanol–water partition coefficient (Wildman–Crippen LogP) is 2.31. The highest BCUT2D eigenvalue weighted by Gasteiger charge is 2.31. The van der Waals surface area contributed by atoms with Crippen LogP contribution in [0.25, 0.3) is 0 Å². The van der Waals surface area contributed by atoms with Gasteiger partial charge in [-0.3, -0.25) is 9.59 Å². The van der Waals surface area contributed by atoms with Crippen molar-refractivity contribution in [2.45, 2.75) is 32.2 Å². The summed E-state index contributed by atoms with van der Waals surface area (Å²) in [6, 6.07) is 9.45. The Hall–Kier alpha value is -2.21. The molecule has 1 fully saturated rings. The molecule has 1 aromatic heterocycles. The third kappa shape index (κ3) is 3.76. The van der Waals surface area contributed by atoms with Crippen LogP contribution in [0.4, 0.5) is 5.69 Å². The first-order valence-corrected chi connectivity index (χ1v) is 8.55. The molecule has 0 saturated carbocycles. The maximum Gasteiger partial charge on any atom is 0.229 e. The second-order valence-electron chi connectivity index (χ2n) is 5.67. The Kier molecular flexibility index (Phi) is 4.71. The van der Waals surface area contributed by atoms with Gasteiger partial charge in [-0.25, -0.2) is 4.98 Å². The molecular formula is C17H19N3O2S. The molecule has 2 amide bonds. The standard InChI is InChI=1S/C17H19N3O2S/c1-12-15(23-11-18-12)7-8-16(21)19-13-9-17(22)20(10-13)14-5-3-2-4-6-14/h2-6,11,13H,7-10H2,1H3,(H,19,21)/t13-/m0/s1. The Labute approximate surface area is 139 Å². The number of hydrogen-bond acceptors (Lipinski definition) is 4. The zero-order valence-electron chi connectivity index (χ0n) is 13.0. The molecule has 0 radical (unpaired) electrons. The fourth-order valence-corrected chi connectivity index (χ4v) is 3.54. The summed E-state index contributed by atoms with van der Waals surface area (Å²) in [7, 11) is 0. The van der Waals surface area contributed by atoms with Gasteiger partial charge in [0, 0.05) is 30.0 Å². The largest absolute Gasteiger partial charge is 0.351 e. The normalized spacial score (nSPS) is 17.5. The summed E-state index contributed by atoms with van der Waals surface area (Å²) in [5, 5.41) is 2.97. The smallest absolute Gasteiger partial charge is 0.229 e. The second kappa shape index (κ2) is 6.91. The Morgan fingerprint density at radius 2 is 2.17 bits per heavy atom. The number of carbonyl (C=O) groups is 2. The molecule has 0 spiro atoms. The van der Waals surface area contributed by atoms with Crippen LogP contribution in [0.15, 0.2) is 35.8 Å². The average molecular weight is 329 g/mol. The minimum Gasteiger partial charge on any atom is -0.351 e. The Morgan fingerprint density at radius 1 is 1.39 bits per heavy atom. The molecule has 1 atom stereocenters. The third-order valence-electron chi connectivity index (χ3n) is 3.98. The quantitative estimate of drug-likeness (QED) is 0.915. The molecular weight excluding hydrogens is 310 g/mol. The van der Waals surface area contributed by atoms with Crippen LogP contribution in [0, 0.1) is 6.92 Å². The molecule has 1 saturated heterocycles. The number of thiazole rings is 1. The summed E-state index contributed by atoms with van der Waals surface area (Å²) < 4.78 is 0. The lowest BCUT2D eigenvalue weighted by molar-refractivity contribution is -0.121. The Balaban J connectivity index is 1.52. The summed E-state index contributed by atoms with van der Waals surface area (Å²) in [6.45, 7) is 2.49. The number of para-hydroxylation sites is 1. The van der Waals surface area contributed by atoms with Crippen molar-refractivity contribution in [3.63, 3.8) is 0 Å². The predicted molar refractivity (Wildman–Crippen MR) is 90.5 cm³/mol. The lowest BCUT2D eigenvalue weighted by atomic mass is 10.2. The van der Waals surface area contributed by atoms with Crippen molar-refractivity contribution < 1.29 is 9.59 Å². The maximum atomic E-state index is 12.1. The van der Waals surface area contributed by atoms with Crippen LogP contribution >= 0.6 is 11.3 Å². The number of aromatic nitrogens is 1. The number of amides is 2. The van der Waals surface area contributed by atoms with E-state index in [4.69, 9.17) is 0 Å². The van der Waals surface area contributed by atoms with E-state index in [0.29, 0.717) is 25.8 Å². The summed E-state index contributed by atoms with van der Waals surface area (Å²) >= 11 is 1.58. The van der Waals surface area contributed by atoms with Crippen molar-refractivity contribution >= 4 is 28.8 Å². The van der Waals surface area contributed by atoms with E-state index in [1.54, 1.807) is 21.7 Å². The zero-order chi connectivity index (χ0) is 16.2. The third-order valence-corrected chi connectivity index (χ3v) is 4.98. The van der Waals surface area contributed by atoms with Gasteiger partial charge in [0.25, 0.3) is 0 Å². The van der Waals surface area contributed by atoms with Crippen LogP contribution in [-0.2, 0) is 16.0 Å². The van der Waals surface area contributed by atoms with Crippen LogP contribution in [0.2, 0.25) is 0 Å². The molecule has 120 valence electrons. The Bertz CT molecular complexity index is 699. The zero-order valence-corrected chi connectivity index (χ0v) is 13.8. The van der Waals surface area contributed by atoms with Gasteiger partial charge in [-0.15, -0.1) is 11.3 Å². The van der Waals surface area contributed by atoms with Crippen LogP contribution in [0.3, 0.4) is 0 Å². The molecule has 0 aliphatic carbocycles. The number of aryl methyl sites for hydroxylation is 2. The summed E-state index contributed by atoms with van der Waals surface area (Å²) in [5.41, 5.74) is 3.68. The summed E-state index contributed by atoms with van der Waals surface area (Å²) in [4.78, 5) is 31.3. The van der Waals surface area contributed by atoms with E-state index in [-0.39, 0.29) is 17.9 Å². The molecule has 2 heterocycles. The highest BCUT2D eigenvalue weighted by atomic mass is 32.1. The Morgan fingerprint density at radius 3 is 2.87 bits per heavy atom. The van der Waals surface area contributed by atoms with Crippen molar-refractivity contribution in [2.75, 3.05) is 11.4 Å². The molecule has 6 heteroatoms. The van der Waals surface area contributed by atoms with E-state index >= 15 is 0 Å². The van der Waals surface area contributed by atoms with Crippen LogP contribution < -0.4 is 10.2 Å². The van der Waals surface area contributed by atoms with E-state index < -0.39 is 0 Å². The molecule has 3 rings (SSSR count). The van der Waals surface area contributed by atoms with Gasteiger partial charge in [0.05, 0.1) is 17.2 Å². The number of anilines is 1. The van der Waals surface area contributed by atoms with E-state index in [9.17, 15) is 9.59 Å². The van der Waals surface area contributed by atoms with Crippen LogP contribution in [0.5, 0.6) is 0 Å². The van der Waals surface area contributed by atoms with Crippen molar-refractivity contribution in [1.29, 1.82) is 0 Å². The number of hydrogen-bond donors (Lipinski definition) is 1. The van der Waals surface area contributed by atoms with E-state index in [0.717, 1.165) is 16.3 Å². The van der Waals surface area contributed by atoms with Gasteiger partial charge in [0.2, 0.25) is 11.8 Å². The molecule has 1 aliphatic heterocycles. The van der Waals surface area contributed by atoms with Gasteiger partial charge in [0.1, 0.15) is 0 Å². The second-order valence-corrected chi connectivity index (χ2v) is 6.61. The average Bonchev–Trinajstić information content (AvgIpc) is 3.12. The van der Waals surface area contributed by atoms with Gasteiger partial charge < -0.3 is 10.2 Å². The minimum absolute atomic E-state index is 0.00879. The fraction of sp³-hybridized carbons (Fsp3) is 0.353. The lowest BCUT2D eigenvalue weighted by Crippen LogP contribution is -2.37. The molecule has 1 aromatic carbocycles. The van der Waals surface area contributed by atoms with E-state index in [2.05, 4.69) is 10.3 Å². The molecule has 0 bridgehead atoms. The maximum absolute atomic E-state index is 12.1. The number of nitrogens with one attached hydrogen (secondary N) is 1. The lowest BCUT2D eigenvalue weighted by Gasteiger charge is -2.17. The van der Waals surface area contributed by atoms with Gasteiger partial charge >= 0.3 is 0 Å². The first-order valence-electron chi connectivity index (χ1n) is 7.67. The first-order chi connectivity index (χ1) is 11.1. The van der Waals surface area contributed by atoms with Crippen molar-refractivity contribution in [2.24, 2.45) is 0 Å². The van der Waals surface area contributed by atoms with Gasteiger partial charge in [-0.1, -0.05) is 18.2 Å². The molecule has 2 aromatic rings. The van der Waals surface area contributed by atoms with Gasteiger partial charge in [-0.2, -0.15) is 0 Å². The summed E-state index contributed by atoms with van der Waals surface area (Å²) in [6.07, 6.45) is 1.49. The molecule has 1 aliphatic rings. The molecule has 0 unspecified atom stereocenters. The van der Waals surface area contributed by atoms with E-state index in [1.807, 2.05) is 37.3 Å².